The Morgan fingerprint density at radius 3 is 2.55 bits per heavy atom. The first kappa shape index (κ1) is 20.9. The molecule has 0 unspecified atom stereocenters. The van der Waals surface area contributed by atoms with E-state index in [0.717, 1.165) is 21.5 Å². The largest absolute Gasteiger partial charge is 0.457 e. The van der Waals surface area contributed by atoms with E-state index in [1.54, 1.807) is 34.2 Å². The molecule has 2 heterocycles. The van der Waals surface area contributed by atoms with Crippen molar-refractivity contribution in [3.63, 3.8) is 0 Å². The van der Waals surface area contributed by atoms with Crippen LogP contribution in [-0.4, -0.2) is 20.7 Å². The van der Waals surface area contributed by atoms with E-state index in [2.05, 4.69) is 36.4 Å². The molecular weight excluding hydrogens is 432 g/mol. The maximum absolute atomic E-state index is 13.1. The first-order chi connectivity index (χ1) is 16.0. The standard InChI is InChI=1S/C26H22N4O2S/c1-16-12-17(2)24-22(13-16)33-26(28-24)30-23(14-18(3)29-30)27-25(31)19-8-7-11-21(15-19)32-20-9-5-4-6-10-20/h4-15H,1-3H3,(H,27,31). The number of benzene rings is 3. The van der Waals surface area contributed by atoms with Crippen molar-refractivity contribution in [2.24, 2.45) is 0 Å². The van der Waals surface area contributed by atoms with E-state index in [1.807, 2.05) is 49.4 Å². The highest BCUT2D eigenvalue weighted by Crippen LogP contribution is 2.30. The van der Waals surface area contributed by atoms with Crippen LogP contribution in [0.5, 0.6) is 11.5 Å². The first-order valence-electron chi connectivity index (χ1n) is 10.6. The Morgan fingerprint density at radius 1 is 0.939 bits per heavy atom. The minimum atomic E-state index is -0.247. The van der Waals surface area contributed by atoms with Gasteiger partial charge in [0, 0.05) is 11.6 Å². The number of hydrogen-bond acceptors (Lipinski definition) is 5. The van der Waals surface area contributed by atoms with Gasteiger partial charge in [-0.1, -0.05) is 41.7 Å². The van der Waals surface area contributed by atoms with Crippen LogP contribution in [0.15, 0.2) is 72.8 Å². The van der Waals surface area contributed by atoms with Gasteiger partial charge >= 0.3 is 0 Å². The number of aromatic nitrogens is 3. The lowest BCUT2D eigenvalue weighted by Gasteiger charge is -2.09. The quantitative estimate of drug-likeness (QED) is 0.331. The molecule has 1 N–H and O–H groups in total. The molecule has 0 aliphatic carbocycles. The molecule has 0 aliphatic heterocycles. The molecule has 0 saturated heterocycles. The van der Waals surface area contributed by atoms with Crippen LogP contribution >= 0.6 is 11.3 Å². The zero-order valence-electron chi connectivity index (χ0n) is 18.5. The number of nitrogens with zero attached hydrogens (tertiary/aromatic N) is 3. The third-order valence-electron chi connectivity index (χ3n) is 5.15. The molecule has 0 atom stereocenters. The highest BCUT2D eigenvalue weighted by molar-refractivity contribution is 7.20. The van der Waals surface area contributed by atoms with E-state index in [9.17, 15) is 4.79 Å². The second kappa shape index (κ2) is 8.52. The van der Waals surface area contributed by atoms with Crippen LogP contribution in [0.25, 0.3) is 15.3 Å². The predicted molar refractivity (Wildman–Crippen MR) is 132 cm³/mol. The number of amides is 1. The smallest absolute Gasteiger partial charge is 0.256 e. The van der Waals surface area contributed by atoms with Crippen molar-refractivity contribution in [1.82, 2.24) is 14.8 Å². The number of fused-ring (bicyclic) bond motifs is 1. The zero-order valence-corrected chi connectivity index (χ0v) is 19.3. The van der Waals surface area contributed by atoms with Gasteiger partial charge in [0.1, 0.15) is 17.3 Å². The molecule has 6 nitrogen and oxygen atoms in total. The topological polar surface area (TPSA) is 69.0 Å². The zero-order chi connectivity index (χ0) is 22.9. The van der Waals surface area contributed by atoms with Gasteiger partial charge in [-0.3, -0.25) is 4.79 Å². The number of hydrogen-bond donors (Lipinski definition) is 1. The van der Waals surface area contributed by atoms with Crippen molar-refractivity contribution in [2.45, 2.75) is 20.8 Å². The lowest BCUT2D eigenvalue weighted by Crippen LogP contribution is -2.15. The molecule has 5 aromatic rings. The SMILES string of the molecule is Cc1cc(C)c2nc(-n3nc(C)cc3NC(=O)c3cccc(Oc4ccccc4)c3)sc2c1. The summed E-state index contributed by atoms with van der Waals surface area (Å²) in [7, 11) is 0. The van der Waals surface area contributed by atoms with Crippen LogP contribution in [0.3, 0.4) is 0 Å². The van der Waals surface area contributed by atoms with Crippen molar-refractivity contribution < 1.29 is 9.53 Å². The minimum absolute atomic E-state index is 0.247. The van der Waals surface area contributed by atoms with Crippen molar-refractivity contribution in [3.05, 3.63) is 95.2 Å². The van der Waals surface area contributed by atoms with E-state index in [1.165, 1.54) is 5.56 Å². The van der Waals surface area contributed by atoms with Gasteiger partial charge in [0.2, 0.25) is 5.13 Å². The molecule has 3 aromatic carbocycles. The normalized spacial score (nSPS) is 11.0. The van der Waals surface area contributed by atoms with Gasteiger partial charge in [0.15, 0.2) is 0 Å². The molecule has 0 radical (unpaired) electrons. The summed E-state index contributed by atoms with van der Waals surface area (Å²) < 4.78 is 8.65. The summed E-state index contributed by atoms with van der Waals surface area (Å²) >= 11 is 1.55. The van der Waals surface area contributed by atoms with Crippen LogP contribution in [0, 0.1) is 20.8 Å². The van der Waals surface area contributed by atoms with E-state index in [4.69, 9.17) is 9.72 Å². The van der Waals surface area contributed by atoms with Crippen LogP contribution < -0.4 is 10.1 Å². The van der Waals surface area contributed by atoms with Gasteiger partial charge in [-0.15, -0.1) is 0 Å². The number of ether oxygens (including phenoxy) is 1. The van der Waals surface area contributed by atoms with Crippen molar-refractivity contribution in [3.8, 4) is 16.6 Å². The molecule has 1 amide bonds. The van der Waals surface area contributed by atoms with Gasteiger partial charge < -0.3 is 10.1 Å². The predicted octanol–water partition coefficient (Wildman–Crippen LogP) is 6.45. The monoisotopic (exact) mass is 454 g/mol. The van der Waals surface area contributed by atoms with Crippen LogP contribution in [0.4, 0.5) is 5.82 Å². The second-order valence-corrected chi connectivity index (χ2v) is 8.91. The Bertz CT molecular complexity index is 1470. The van der Waals surface area contributed by atoms with Crippen molar-refractivity contribution >= 4 is 33.3 Å². The molecule has 0 saturated carbocycles. The molecule has 164 valence electrons. The maximum atomic E-state index is 13.1. The summed E-state index contributed by atoms with van der Waals surface area (Å²) in [6.07, 6.45) is 0. The Morgan fingerprint density at radius 2 is 1.73 bits per heavy atom. The van der Waals surface area contributed by atoms with Gasteiger partial charge in [0.05, 0.1) is 15.9 Å². The highest BCUT2D eigenvalue weighted by Gasteiger charge is 2.17. The lowest BCUT2D eigenvalue weighted by molar-refractivity contribution is 0.102. The minimum Gasteiger partial charge on any atom is -0.457 e. The van der Waals surface area contributed by atoms with Gasteiger partial charge in [-0.05, 0) is 68.3 Å². The third kappa shape index (κ3) is 4.36. The highest BCUT2D eigenvalue weighted by atomic mass is 32.1. The summed E-state index contributed by atoms with van der Waals surface area (Å²) in [5.74, 6) is 1.63. The van der Waals surface area contributed by atoms with E-state index in [0.29, 0.717) is 28.0 Å². The second-order valence-electron chi connectivity index (χ2n) is 7.90. The Labute approximate surface area is 195 Å². The number of rotatable bonds is 5. The van der Waals surface area contributed by atoms with Gasteiger partial charge in [-0.25, -0.2) is 4.98 Å². The van der Waals surface area contributed by atoms with E-state index < -0.39 is 0 Å². The number of nitrogens with one attached hydrogen (secondary N) is 1. The Hall–Kier alpha value is -3.97. The fourth-order valence-electron chi connectivity index (χ4n) is 3.70. The molecule has 0 spiro atoms. The average Bonchev–Trinajstić information content (AvgIpc) is 3.38. The molecule has 7 heteroatoms. The van der Waals surface area contributed by atoms with E-state index >= 15 is 0 Å². The molecule has 5 rings (SSSR count). The summed E-state index contributed by atoms with van der Waals surface area (Å²) in [6.45, 7) is 6.02. The Balaban J connectivity index is 1.42. The molecular formula is C26H22N4O2S. The van der Waals surface area contributed by atoms with Crippen molar-refractivity contribution in [2.75, 3.05) is 5.32 Å². The Kier molecular flexibility index (Phi) is 5.40. The number of para-hydroxylation sites is 1. The average molecular weight is 455 g/mol. The summed E-state index contributed by atoms with van der Waals surface area (Å²) in [6, 6.07) is 22.7. The fraction of sp³-hybridized carbons (Fsp3) is 0.115. The number of carbonyl (C=O) groups is 1. The number of thiazole rings is 1. The first-order valence-corrected chi connectivity index (χ1v) is 11.4. The van der Waals surface area contributed by atoms with Crippen molar-refractivity contribution in [1.29, 1.82) is 0 Å². The molecule has 0 bridgehead atoms. The summed E-state index contributed by atoms with van der Waals surface area (Å²) in [5.41, 5.74) is 4.55. The van der Waals surface area contributed by atoms with Gasteiger partial charge in [0.25, 0.3) is 5.91 Å². The lowest BCUT2D eigenvalue weighted by atomic mass is 10.1. The van der Waals surface area contributed by atoms with E-state index in [-0.39, 0.29) is 5.91 Å². The summed E-state index contributed by atoms with van der Waals surface area (Å²) in [4.78, 5) is 17.8. The number of aryl methyl sites for hydroxylation is 3. The van der Waals surface area contributed by atoms with Gasteiger partial charge in [-0.2, -0.15) is 9.78 Å². The number of anilines is 1. The fourth-order valence-corrected chi connectivity index (χ4v) is 4.81. The number of carbonyl (C=O) groups excluding carboxylic acids is 1. The third-order valence-corrected chi connectivity index (χ3v) is 6.13. The molecule has 0 aliphatic rings. The molecule has 2 aromatic heterocycles. The molecule has 33 heavy (non-hydrogen) atoms. The molecule has 0 fully saturated rings. The summed E-state index contributed by atoms with van der Waals surface area (Å²) in [5, 5.41) is 8.27. The van der Waals surface area contributed by atoms with Crippen LogP contribution in [-0.2, 0) is 0 Å². The van der Waals surface area contributed by atoms with Crippen LogP contribution in [0.2, 0.25) is 0 Å². The maximum Gasteiger partial charge on any atom is 0.256 e. The van der Waals surface area contributed by atoms with Crippen LogP contribution in [0.1, 0.15) is 27.2 Å².